The predicted octanol–water partition coefficient (Wildman–Crippen LogP) is 0.804. The van der Waals surface area contributed by atoms with Crippen molar-refractivity contribution in [3.63, 3.8) is 0 Å². The van der Waals surface area contributed by atoms with Gasteiger partial charge >= 0.3 is 5.97 Å². The molecule has 0 saturated carbocycles. The zero-order valence-electron chi connectivity index (χ0n) is 9.95. The van der Waals surface area contributed by atoms with Gasteiger partial charge in [0.05, 0.1) is 12.0 Å². The van der Waals surface area contributed by atoms with Crippen LogP contribution in [0.1, 0.15) is 20.8 Å². The molecule has 0 bridgehead atoms. The summed E-state index contributed by atoms with van der Waals surface area (Å²) in [5, 5.41) is 11.4. The van der Waals surface area contributed by atoms with E-state index in [-0.39, 0.29) is 19.1 Å². The zero-order valence-corrected chi connectivity index (χ0v) is 9.95. The molecule has 5 nitrogen and oxygen atoms in total. The Morgan fingerprint density at radius 2 is 2.12 bits per heavy atom. The van der Waals surface area contributed by atoms with Crippen LogP contribution in [0.15, 0.2) is 12.7 Å². The number of ether oxygens (including phenoxy) is 1. The van der Waals surface area contributed by atoms with Gasteiger partial charge in [-0.2, -0.15) is 0 Å². The lowest BCUT2D eigenvalue weighted by atomic mass is 9.94. The van der Waals surface area contributed by atoms with Crippen molar-refractivity contribution >= 4 is 11.9 Å². The summed E-state index contributed by atoms with van der Waals surface area (Å²) in [7, 11) is 0. The molecule has 0 aliphatic heterocycles. The molecular weight excluding hydrogens is 210 g/mol. The van der Waals surface area contributed by atoms with Crippen LogP contribution in [0.5, 0.6) is 0 Å². The van der Waals surface area contributed by atoms with Crippen LogP contribution in [0, 0.1) is 5.41 Å². The van der Waals surface area contributed by atoms with E-state index >= 15 is 0 Å². The quantitative estimate of drug-likeness (QED) is 0.633. The van der Waals surface area contributed by atoms with Gasteiger partial charge in [-0.3, -0.25) is 9.59 Å². The normalized spacial score (nSPS) is 12.9. The standard InChI is InChI=1S/C11H19NO4/c1-5-6-16-8(2)9(13)12-7-11(3,4)10(14)15/h5,8H,1,6-7H2,2-4H3,(H,12,13)(H,14,15). The number of amides is 1. The summed E-state index contributed by atoms with van der Waals surface area (Å²) in [6.45, 7) is 8.52. The Labute approximate surface area is 95.5 Å². The molecular formula is C11H19NO4. The molecule has 0 fully saturated rings. The maximum absolute atomic E-state index is 11.5. The van der Waals surface area contributed by atoms with Crippen molar-refractivity contribution in [1.29, 1.82) is 0 Å². The highest BCUT2D eigenvalue weighted by molar-refractivity contribution is 5.81. The van der Waals surface area contributed by atoms with Gasteiger partial charge in [0.2, 0.25) is 5.91 Å². The average Bonchev–Trinajstić information content (AvgIpc) is 2.22. The van der Waals surface area contributed by atoms with Crippen LogP contribution in [0.2, 0.25) is 0 Å². The molecule has 2 N–H and O–H groups in total. The van der Waals surface area contributed by atoms with Crippen molar-refractivity contribution in [1.82, 2.24) is 5.32 Å². The second kappa shape index (κ2) is 6.27. The van der Waals surface area contributed by atoms with Crippen molar-refractivity contribution in [3.8, 4) is 0 Å². The summed E-state index contributed by atoms with van der Waals surface area (Å²) < 4.78 is 5.10. The lowest BCUT2D eigenvalue weighted by Gasteiger charge is -2.21. The smallest absolute Gasteiger partial charge is 0.310 e. The summed E-state index contributed by atoms with van der Waals surface area (Å²) >= 11 is 0. The van der Waals surface area contributed by atoms with Crippen molar-refractivity contribution in [3.05, 3.63) is 12.7 Å². The minimum atomic E-state index is -0.978. The fourth-order valence-corrected chi connectivity index (χ4v) is 0.815. The van der Waals surface area contributed by atoms with Gasteiger partial charge in [0, 0.05) is 6.54 Å². The molecule has 1 unspecified atom stereocenters. The van der Waals surface area contributed by atoms with Gasteiger partial charge in [-0.1, -0.05) is 6.08 Å². The monoisotopic (exact) mass is 229 g/mol. The largest absolute Gasteiger partial charge is 0.481 e. The first-order valence-electron chi connectivity index (χ1n) is 5.05. The van der Waals surface area contributed by atoms with Crippen LogP contribution in [0.3, 0.4) is 0 Å². The van der Waals surface area contributed by atoms with Crippen LogP contribution >= 0.6 is 0 Å². The number of hydrogen-bond donors (Lipinski definition) is 2. The molecule has 5 heteroatoms. The molecule has 0 aliphatic carbocycles. The van der Waals surface area contributed by atoms with Gasteiger partial charge in [0.15, 0.2) is 0 Å². The summed E-state index contributed by atoms with van der Waals surface area (Å²) in [6.07, 6.45) is 0.938. The van der Waals surface area contributed by atoms with Crippen molar-refractivity contribution in [2.24, 2.45) is 5.41 Å². The number of nitrogens with one attached hydrogen (secondary N) is 1. The molecule has 1 atom stereocenters. The molecule has 0 aromatic heterocycles. The topological polar surface area (TPSA) is 75.6 Å². The summed E-state index contributed by atoms with van der Waals surface area (Å²) in [6, 6.07) is 0. The van der Waals surface area contributed by atoms with Crippen LogP contribution < -0.4 is 5.32 Å². The van der Waals surface area contributed by atoms with Gasteiger partial charge < -0.3 is 15.2 Å². The summed E-state index contributed by atoms with van der Waals surface area (Å²) in [5.74, 6) is -1.27. The molecule has 0 aromatic rings. The Morgan fingerprint density at radius 3 is 2.56 bits per heavy atom. The van der Waals surface area contributed by atoms with E-state index in [1.807, 2.05) is 0 Å². The minimum Gasteiger partial charge on any atom is -0.481 e. The first kappa shape index (κ1) is 14.6. The average molecular weight is 229 g/mol. The molecule has 0 rings (SSSR count). The van der Waals surface area contributed by atoms with E-state index in [9.17, 15) is 9.59 Å². The number of carbonyl (C=O) groups is 2. The van der Waals surface area contributed by atoms with Gasteiger partial charge in [-0.05, 0) is 20.8 Å². The Bertz CT molecular complexity index is 273. The number of hydrogen-bond acceptors (Lipinski definition) is 3. The number of carboxylic acids is 1. The highest BCUT2D eigenvalue weighted by atomic mass is 16.5. The van der Waals surface area contributed by atoms with Gasteiger partial charge in [0.1, 0.15) is 6.10 Å². The fourth-order valence-electron chi connectivity index (χ4n) is 0.815. The van der Waals surface area contributed by atoms with E-state index in [4.69, 9.17) is 9.84 Å². The maximum atomic E-state index is 11.5. The van der Waals surface area contributed by atoms with Crippen molar-refractivity contribution in [2.75, 3.05) is 13.2 Å². The number of aliphatic carboxylic acids is 1. The van der Waals surface area contributed by atoms with Crippen LogP contribution in [0.4, 0.5) is 0 Å². The van der Waals surface area contributed by atoms with Crippen LogP contribution in [-0.4, -0.2) is 36.2 Å². The molecule has 0 spiro atoms. The molecule has 92 valence electrons. The lowest BCUT2D eigenvalue weighted by molar-refractivity contribution is -0.147. The van der Waals surface area contributed by atoms with E-state index in [1.54, 1.807) is 26.8 Å². The summed E-state index contributed by atoms with van der Waals surface area (Å²) in [5.41, 5.74) is -0.978. The Hall–Kier alpha value is -1.36. The van der Waals surface area contributed by atoms with Crippen molar-refractivity contribution in [2.45, 2.75) is 26.9 Å². The molecule has 0 radical (unpaired) electrons. The third-order valence-corrected chi connectivity index (χ3v) is 2.12. The first-order chi connectivity index (χ1) is 7.31. The highest BCUT2D eigenvalue weighted by Gasteiger charge is 2.28. The first-order valence-corrected chi connectivity index (χ1v) is 5.05. The van der Waals surface area contributed by atoms with E-state index < -0.39 is 17.5 Å². The third kappa shape index (κ3) is 4.93. The van der Waals surface area contributed by atoms with E-state index in [0.717, 1.165) is 0 Å². The zero-order chi connectivity index (χ0) is 12.8. The maximum Gasteiger partial charge on any atom is 0.310 e. The second-order valence-electron chi connectivity index (χ2n) is 4.17. The van der Waals surface area contributed by atoms with Gasteiger partial charge in [0.25, 0.3) is 0 Å². The van der Waals surface area contributed by atoms with Crippen LogP contribution in [0.25, 0.3) is 0 Å². The van der Waals surface area contributed by atoms with Crippen molar-refractivity contribution < 1.29 is 19.4 Å². The predicted molar refractivity (Wildman–Crippen MR) is 60.0 cm³/mol. The number of carboxylic acid groups (broad SMARTS) is 1. The van der Waals surface area contributed by atoms with Crippen LogP contribution in [-0.2, 0) is 14.3 Å². The second-order valence-corrected chi connectivity index (χ2v) is 4.17. The number of carbonyl (C=O) groups excluding carboxylic acids is 1. The van der Waals surface area contributed by atoms with Gasteiger partial charge in [-0.25, -0.2) is 0 Å². The SMILES string of the molecule is C=CCOC(C)C(=O)NCC(C)(C)C(=O)O. The van der Waals surface area contributed by atoms with E-state index in [1.165, 1.54) is 0 Å². The molecule has 0 saturated heterocycles. The molecule has 1 amide bonds. The minimum absolute atomic E-state index is 0.0724. The fraction of sp³-hybridized carbons (Fsp3) is 0.636. The molecule has 0 aromatic carbocycles. The van der Waals surface area contributed by atoms with E-state index in [2.05, 4.69) is 11.9 Å². The molecule has 0 aliphatic rings. The summed E-state index contributed by atoms with van der Waals surface area (Å²) in [4.78, 5) is 22.2. The Kier molecular flexibility index (Phi) is 5.74. The number of rotatable bonds is 7. The third-order valence-electron chi connectivity index (χ3n) is 2.12. The molecule has 0 heterocycles. The Morgan fingerprint density at radius 1 is 1.56 bits per heavy atom. The van der Waals surface area contributed by atoms with E-state index in [0.29, 0.717) is 0 Å². The highest BCUT2D eigenvalue weighted by Crippen LogP contribution is 2.13. The van der Waals surface area contributed by atoms with Gasteiger partial charge in [-0.15, -0.1) is 6.58 Å². The lowest BCUT2D eigenvalue weighted by Crippen LogP contribution is -2.43. The molecule has 16 heavy (non-hydrogen) atoms. The Balaban J connectivity index is 4.06.